The molecular formula is C48H85N2O6P. The highest BCUT2D eigenvalue weighted by Gasteiger charge is 2.23. The smallest absolute Gasteiger partial charge is 0.268 e. The van der Waals surface area contributed by atoms with Crippen LogP contribution in [0.3, 0.4) is 0 Å². The molecule has 0 heterocycles. The number of aliphatic hydroxyl groups is 1. The van der Waals surface area contributed by atoms with E-state index in [2.05, 4.69) is 92.1 Å². The summed E-state index contributed by atoms with van der Waals surface area (Å²) in [4.78, 5) is 25.3. The van der Waals surface area contributed by atoms with Gasteiger partial charge in [0.25, 0.3) is 7.82 Å². The van der Waals surface area contributed by atoms with Crippen molar-refractivity contribution in [2.24, 2.45) is 0 Å². The van der Waals surface area contributed by atoms with Gasteiger partial charge in [0.15, 0.2) is 0 Å². The van der Waals surface area contributed by atoms with E-state index in [1.807, 2.05) is 27.2 Å². The fourth-order valence-electron chi connectivity index (χ4n) is 5.76. The van der Waals surface area contributed by atoms with E-state index in [1.54, 1.807) is 6.08 Å². The predicted octanol–water partition coefficient (Wildman–Crippen LogP) is 11.9. The first-order chi connectivity index (χ1) is 27.5. The average molecular weight is 817 g/mol. The van der Waals surface area contributed by atoms with Crippen LogP contribution in [0, 0.1) is 0 Å². The summed E-state index contributed by atoms with van der Waals surface area (Å²) in [6.07, 6.45) is 53.4. The van der Waals surface area contributed by atoms with Gasteiger partial charge in [0.2, 0.25) is 5.91 Å². The minimum atomic E-state index is -4.61. The highest BCUT2D eigenvalue weighted by molar-refractivity contribution is 7.45. The topological polar surface area (TPSA) is 108 Å². The van der Waals surface area contributed by atoms with Crippen LogP contribution in [-0.2, 0) is 18.4 Å². The monoisotopic (exact) mass is 817 g/mol. The van der Waals surface area contributed by atoms with Crippen molar-refractivity contribution in [2.75, 3.05) is 40.9 Å². The lowest BCUT2D eigenvalue weighted by Crippen LogP contribution is -2.45. The molecule has 3 unspecified atom stereocenters. The molecular weight excluding hydrogens is 732 g/mol. The highest BCUT2D eigenvalue weighted by Crippen LogP contribution is 2.38. The van der Waals surface area contributed by atoms with Crippen molar-refractivity contribution in [1.82, 2.24) is 5.32 Å². The van der Waals surface area contributed by atoms with E-state index < -0.39 is 26.6 Å². The van der Waals surface area contributed by atoms with Crippen LogP contribution < -0.4 is 10.2 Å². The Morgan fingerprint density at radius 1 is 0.632 bits per heavy atom. The Hall–Kier alpha value is -2.32. The van der Waals surface area contributed by atoms with Crippen LogP contribution in [0.1, 0.15) is 162 Å². The van der Waals surface area contributed by atoms with Crippen LogP contribution in [0.4, 0.5) is 0 Å². The van der Waals surface area contributed by atoms with Gasteiger partial charge < -0.3 is 28.8 Å². The molecule has 0 rings (SSSR count). The van der Waals surface area contributed by atoms with Crippen LogP contribution in [0.5, 0.6) is 0 Å². The molecule has 0 aromatic heterocycles. The highest BCUT2D eigenvalue weighted by atomic mass is 31.2. The number of phosphoric ester groups is 1. The molecule has 0 radical (unpaired) electrons. The Kier molecular flexibility index (Phi) is 37.6. The van der Waals surface area contributed by atoms with Gasteiger partial charge in [-0.05, 0) is 83.5 Å². The largest absolute Gasteiger partial charge is 0.756 e. The first-order valence-electron chi connectivity index (χ1n) is 22.4. The molecule has 1 amide bonds. The Morgan fingerprint density at radius 2 is 1.09 bits per heavy atom. The summed E-state index contributed by atoms with van der Waals surface area (Å²) in [5.74, 6) is -0.225. The number of allylic oxidation sites excluding steroid dienone is 13. The fourth-order valence-corrected chi connectivity index (χ4v) is 6.48. The van der Waals surface area contributed by atoms with E-state index in [4.69, 9.17) is 9.05 Å². The first kappa shape index (κ1) is 54.7. The fraction of sp³-hybridized carbons (Fsp3) is 0.688. The maximum atomic E-state index is 12.9. The summed E-state index contributed by atoms with van der Waals surface area (Å²) in [6, 6.07) is -0.918. The van der Waals surface area contributed by atoms with E-state index in [1.165, 1.54) is 51.4 Å². The minimum absolute atomic E-state index is 0.0152. The molecule has 0 fully saturated rings. The molecule has 0 aliphatic rings. The lowest BCUT2D eigenvalue weighted by atomic mass is 10.1. The number of phosphoric acid groups is 1. The molecule has 9 heteroatoms. The molecule has 2 N–H and O–H groups in total. The number of quaternary nitrogens is 1. The van der Waals surface area contributed by atoms with Gasteiger partial charge in [-0.25, -0.2) is 0 Å². The maximum Gasteiger partial charge on any atom is 0.268 e. The van der Waals surface area contributed by atoms with E-state index in [0.717, 1.165) is 89.9 Å². The number of nitrogens with one attached hydrogen (secondary N) is 1. The van der Waals surface area contributed by atoms with Crippen LogP contribution in [-0.4, -0.2) is 68.5 Å². The van der Waals surface area contributed by atoms with E-state index in [0.29, 0.717) is 17.4 Å². The summed E-state index contributed by atoms with van der Waals surface area (Å²) >= 11 is 0. The van der Waals surface area contributed by atoms with Crippen molar-refractivity contribution >= 4 is 13.7 Å². The van der Waals surface area contributed by atoms with Crippen LogP contribution in [0.25, 0.3) is 0 Å². The van der Waals surface area contributed by atoms with Crippen LogP contribution >= 0.6 is 7.82 Å². The quantitative estimate of drug-likeness (QED) is 0.0277. The van der Waals surface area contributed by atoms with Crippen molar-refractivity contribution in [3.05, 3.63) is 85.1 Å². The summed E-state index contributed by atoms with van der Waals surface area (Å²) in [5.41, 5.74) is 0. The van der Waals surface area contributed by atoms with Crippen molar-refractivity contribution < 1.29 is 32.9 Å². The van der Waals surface area contributed by atoms with Crippen molar-refractivity contribution in [2.45, 2.75) is 174 Å². The molecule has 8 nitrogen and oxygen atoms in total. The van der Waals surface area contributed by atoms with E-state index in [-0.39, 0.29) is 12.5 Å². The zero-order chi connectivity index (χ0) is 42.1. The minimum Gasteiger partial charge on any atom is -0.756 e. The molecule has 0 saturated heterocycles. The van der Waals surface area contributed by atoms with Gasteiger partial charge in [0.1, 0.15) is 13.2 Å². The molecule has 0 bridgehead atoms. The molecule has 328 valence electrons. The van der Waals surface area contributed by atoms with Crippen molar-refractivity contribution in [3.63, 3.8) is 0 Å². The number of hydrogen-bond acceptors (Lipinski definition) is 6. The number of amides is 1. The molecule has 0 aromatic carbocycles. The summed E-state index contributed by atoms with van der Waals surface area (Å²) < 4.78 is 23.2. The third kappa shape index (κ3) is 41.6. The second-order valence-electron chi connectivity index (χ2n) is 16.0. The number of likely N-dealkylation sites (N-methyl/N-ethyl adjacent to an activating group) is 1. The van der Waals surface area contributed by atoms with Crippen molar-refractivity contribution in [1.29, 1.82) is 0 Å². The van der Waals surface area contributed by atoms with Gasteiger partial charge >= 0.3 is 0 Å². The molecule has 0 aromatic rings. The molecule has 57 heavy (non-hydrogen) atoms. The van der Waals surface area contributed by atoms with Gasteiger partial charge in [-0.15, -0.1) is 0 Å². The van der Waals surface area contributed by atoms with Gasteiger partial charge in [0, 0.05) is 6.42 Å². The summed E-state index contributed by atoms with van der Waals surface area (Å²) in [6.45, 7) is 4.45. The predicted molar refractivity (Wildman–Crippen MR) is 242 cm³/mol. The zero-order valence-corrected chi connectivity index (χ0v) is 37.9. The summed E-state index contributed by atoms with van der Waals surface area (Å²) in [7, 11) is 1.21. The molecule has 0 aliphatic heterocycles. The number of carbonyl (C=O) groups excluding carboxylic acids is 1. The molecule has 0 spiro atoms. The lowest BCUT2D eigenvalue weighted by Gasteiger charge is -2.29. The number of nitrogens with zero attached hydrogens (tertiary/aromatic N) is 1. The van der Waals surface area contributed by atoms with Crippen LogP contribution in [0.2, 0.25) is 0 Å². The molecule has 0 saturated carbocycles. The van der Waals surface area contributed by atoms with E-state index in [9.17, 15) is 19.4 Å². The Balaban J connectivity index is 4.47. The maximum absolute atomic E-state index is 12.9. The van der Waals surface area contributed by atoms with Crippen molar-refractivity contribution in [3.8, 4) is 0 Å². The van der Waals surface area contributed by atoms with Gasteiger partial charge in [0.05, 0.1) is 39.9 Å². The molecule has 0 aliphatic carbocycles. The zero-order valence-electron chi connectivity index (χ0n) is 37.0. The standard InChI is InChI=1S/C48H85N2O6P/c1-6-8-10-12-14-16-18-20-22-23-24-25-26-27-28-30-32-34-36-38-40-42-48(52)49-46(45-56-57(53,54)55-44-43-50(3,4)5)47(51)41-39-37-35-33-31-29-21-19-17-15-13-11-9-7-2/h8,10,14,16-17,19-20,22,24-25,31,33,39,41,46-47,51H,6-7,9,11-13,15,18,21,23,26-30,32,34-38,40,42-45H2,1-5H3,(H-,49,52,53,54)/b10-8-,16-14-,19-17+,22-20-,25-24-,33-31+,41-39+. The van der Waals surface area contributed by atoms with Crippen LogP contribution in [0.15, 0.2) is 85.1 Å². The van der Waals surface area contributed by atoms with Gasteiger partial charge in [-0.3, -0.25) is 9.36 Å². The number of unbranched alkanes of at least 4 members (excludes halogenated alkanes) is 14. The SMILES string of the molecule is CC/C=C\C/C=C\C/C=C\C/C=C\CCCCCCCCCCC(=O)NC(COP(=O)([O-])OCC[N+](C)(C)C)C(O)/C=C/CC/C=C/CC/C=C/CCCCCC. The van der Waals surface area contributed by atoms with Gasteiger partial charge in [-0.2, -0.15) is 0 Å². The second kappa shape index (κ2) is 39.2. The molecule has 3 atom stereocenters. The lowest BCUT2D eigenvalue weighted by molar-refractivity contribution is -0.870. The normalized spacial score (nSPS) is 15.1. The number of rotatable bonds is 39. The number of carbonyl (C=O) groups is 1. The van der Waals surface area contributed by atoms with Gasteiger partial charge in [-0.1, -0.05) is 157 Å². The summed E-state index contributed by atoms with van der Waals surface area (Å²) in [5, 5.41) is 13.7. The number of hydrogen-bond donors (Lipinski definition) is 2. The first-order valence-corrected chi connectivity index (χ1v) is 23.9. The Morgan fingerprint density at radius 3 is 1.63 bits per heavy atom. The third-order valence-electron chi connectivity index (χ3n) is 9.32. The number of aliphatic hydroxyl groups excluding tert-OH is 1. The average Bonchev–Trinajstić information content (AvgIpc) is 3.16. The Labute approximate surface area is 350 Å². The second-order valence-corrected chi connectivity index (χ2v) is 17.4. The van der Waals surface area contributed by atoms with E-state index >= 15 is 0 Å². The third-order valence-corrected chi connectivity index (χ3v) is 10.3. The Bertz CT molecular complexity index is 1200.